The van der Waals surface area contributed by atoms with E-state index in [2.05, 4.69) is 25.2 Å². The Kier molecular flexibility index (Phi) is 4.54. The molecular weight excluding hydrogens is 418 g/mol. The summed E-state index contributed by atoms with van der Waals surface area (Å²) in [4.78, 5) is 15.1. The molecule has 1 fully saturated rings. The number of nitrogens with one attached hydrogen (secondary N) is 1. The van der Waals surface area contributed by atoms with Gasteiger partial charge >= 0.3 is 0 Å². The van der Waals surface area contributed by atoms with Crippen molar-refractivity contribution in [3.8, 4) is 5.69 Å². The Morgan fingerprint density at radius 2 is 2.03 bits per heavy atom. The number of fused-ring (bicyclic) bond motifs is 1. The molecule has 1 N–H and O–H groups in total. The summed E-state index contributed by atoms with van der Waals surface area (Å²) in [6.07, 6.45) is 2.90. The third-order valence-electron chi connectivity index (χ3n) is 5.50. The molecule has 0 radical (unpaired) electrons. The van der Waals surface area contributed by atoms with E-state index >= 15 is 0 Å². The van der Waals surface area contributed by atoms with Crippen molar-refractivity contribution in [2.45, 2.75) is 30.7 Å². The predicted octanol–water partition coefficient (Wildman–Crippen LogP) is 1.52. The van der Waals surface area contributed by atoms with Gasteiger partial charge in [0.05, 0.1) is 5.69 Å². The number of amides is 1. The molecule has 1 aromatic heterocycles. The van der Waals surface area contributed by atoms with Crippen molar-refractivity contribution in [2.75, 3.05) is 11.9 Å². The summed E-state index contributed by atoms with van der Waals surface area (Å²) in [6, 6.07) is 11.7. The largest absolute Gasteiger partial charge is 0.343 e. The SMILES string of the molecule is Cc1cc(NC(=O)[C@@H]2CCCN2C2=NS(=O)(=O)c3ccccc32)ccc1-n1cnnn1. The number of tetrazole rings is 1. The van der Waals surface area contributed by atoms with Crippen molar-refractivity contribution < 1.29 is 13.2 Å². The Bertz CT molecular complexity index is 1300. The van der Waals surface area contributed by atoms with E-state index in [9.17, 15) is 13.2 Å². The molecule has 2 aliphatic rings. The minimum atomic E-state index is -3.74. The van der Waals surface area contributed by atoms with Crippen LogP contribution in [0.3, 0.4) is 0 Å². The zero-order valence-corrected chi connectivity index (χ0v) is 17.5. The molecular formula is C20H19N7O3S. The normalized spacial score (nSPS) is 19.2. The van der Waals surface area contributed by atoms with Crippen LogP contribution in [-0.2, 0) is 14.8 Å². The second-order valence-electron chi connectivity index (χ2n) is 7.48. The van der Waals surface area contributed by atoms with Gasteiger partial charge in [-0.25, -0.2) is 4.68 Å². The molecule has 0 bridgehead atoms. The lowest BCUT2D eigenvalue weighted by atomic mass is 10.1. The average molecular weight is 437 g/mol. The molecule has 0 spiro atoms. The first kappa shape index (κ1) is 19.4. The van der Waals surface area contributed by atoms with E-state index in [1.807, 2.05) is 19.1 Å². The van der Waals surface area contributed by atoms with Gasteiger partial charge in [0.2, 0.25) is 5.91 Å². The first-order chi connectivity index (χ1) is 14.9. The molecule has 1 saturated heterocycles. The topological polar surface area (TPSA) is 122 Å². The highest BCUT2D eigenvalue weighted by Crippen LogP contribution is 2.31. The number of carbonyl (C=O) groups is 1. The number of amidine groups is 1. The number of hydrogen-bond acceptors (Lipinski definition) is 7. The summed E-state index contributed by atoms with van der Waals surface area (Å²) in [7, 11) is -3.74. The molecule has 3 heterocycles. The van der Waals surface area contributed by atoms with Crippen LogP contribution in [0.5, 0.6) is 0 Å². The molecule has 0 saturated carbocycles. The van der Waals surface area contributed by atoms with Crippen LogP contribution in [0, 0.1) is 6.92 Å². The summed E-state index contributed by atoms with van der Waals surface area (Å²) in [5.74, 6) is 0.148. The van der Waals surface area contributed by atoms with Gasteiger partial charge in [-0.2, -0.15) is 8.42 Å². The van der Waals surface area contributed by atoms with Gasteiger partial charge in [0.15, 0.2) is 5.84 Å². The Labute approximate surface area is 178 Å². The number of likely N-dealkylation sites (tertiary alicyclic amines) is 1. The molecule has 1 atom stereocenters. The van der Waals surface area contributed by atoms with Crippen LogP contribution in [0.15, 0.2) is 58.1 Å². The van der Waals surface area contributed by atoms with Crippen LogP contribution in [0.4, 0.5) is 5.69 Å². The van der Waals surface area contributed by atoms with E-state index in [-0.39, 0.29) is 10.8 Å². The number of aromatic nitrogens is 4. The number of benzene rings is 2. The average Bonchev–Trinajstić information content (AvgIpc) is 3.48. The van der Waals surface area contributed by atoms with Crippen molar-refractivity contribution in [1.29, 1.82) is 0 Å². The molecule has 2 aliphatic heterocycles. The zero-order chi connectivity index (χ0) is 21.6. The fourth-order valence-electron chi connectivity index (χ4n) is 4.08. The monoisotopic (exact) mass is 437 g/mol. The minimum absolute atomic E-state index is 0.185. The van der Waals surface area contributed by atoms with Crippen LogP contribution in [0.1, 0.15) is 24.0 Å². The number of nitrogens with zero attached hydrogens (tertiary/aromatic N) is 6. The first-order valence-electron chi connectivity index (χ1n) is 9.80. The lowest BCUT2D eigenvalue weighted by Gasteiger charge is -2.25. The van der Waals surface area contributed by atoms with Gasteiger partial charge in [0.25, 0.3) is 10.0 Å². The fourth-order valence-corrected chi connectivity index (χ4v) is 5.29. The van der Waals surface area contributed by atoms with Crippen molar-refractivity contribution in [3.05, 3.63) is 59.9 Å². The molecule has 2 aromatic carbocycles. The number of rotatable bonds is 3. The summed E-state index contributed by atoms with van der Waals surface area (Å²) in [5.41, 5.74) is 2.90. The third kappa shape index (κ3) is 3.36. The molecule has 1 amide bonds. The highest BCUT2D eigenvalue weighted by Gasteiger charge is 2.39. The fraction of sp³-hybridized carbons (Fsp3) is 0.250. The summed E-state index contributed by atoms with van der Waals surface area (Å²) in [6.45, 7) is 2.47. The van der Waals surface area contributed by atoms with Crippen molar-refractivity contribution in [3.63, 3.8) is 0 Å². The van der Waals surface area contributed by atoms with Gasteiger partial charge in [-0.1, -0.05) is 12.1 Å². The Hall–Kier alpha value is -3.60. The summed E-state index contributed by atoms with van der Waals surface area (Å²) >= 11 is 0. The van der Waals surface area contributed by atoms with Crippen LogP contribution in [0.25, 0.3) is 5.69 Å². The van der Waals surface area contributed by atoms with Crippen LogP contribution in [-0.4, -0.2) is 57.9 Å². The molecule has 158 valence electrons. The second kappa shape index (κ2) is 7.27. The maximum absolute atomic E-state index is 13.1. The highest BCUT2D eigenvalue weighted by atomic mass is 32.2. The molecule has 11 heteroatoms. The maximum atomic E-state index is 13.1. The lowest BCUT2D eigenvalue weighted by Crippen LogP contribution is -2.43. The third-order valence-corrected chi connectivity index (χ3v) is 6.83. The van der Waals surface area contributed by atoms with E-state index in [1.165, 1.54) is 6.33 Å². The van der Waals surface area contributed by atoms with Gasteiger partial charge in [-0.3, -0.25) is 4.79 Å². The van der Waals surface area contributed by atoms with Crippen molar-refractivity contribution >= 4 is 27.5 Å². The summed E-state index contributed by atoms with van der Waals surface area (Å²) in [5, 5.41) is 14.1. The lowest BCUT2D eigenvalue weighted by molar-refractivity contribution is -0.119. The smallest absolute Gasteiger partial charge is 0.285 e. The first-order valence-corrected chi connectivity index (χ1v) is 11.2. The van der Waals surface area contributed by atoms with Crippen molar-refractivity contribution in [2.24, 2.45) is 4.40 Å². The molecule has 5 rings (SSSR count). The van der Waals surface area contributed by atoms with Gasteiger partial charge in [0.1, 0.15) is 17.3 Å². The van der Waals surface area contributed by atoms with E-state index < -0.39 is 16.1 Å². The molecule has 0 unspecified atom stereocenters. The molecule has 3 aromatic rings. The van der Waals surface area contributed by atoms with Crippen molar-refractivity contribution in [1.82, 2.24) is 25.1 Å². The van der Waals surface area contributed by atoms with Crippen LogP contribution < -0.4 is 5.32 Å². The van der Waals surface area contributed by atoms with Crippen LogP contribution >= 0.6 is 0 Å². The number of anilines is 1. The Morgan fingerprint density at radius 3 is 2.81 bits per heavy atom. The zero-order valence-electron chi connectivity index (χ0n) is 16.6. The maximum Gasteiger partial charge on any atom is 0.285 e. The van der Waals surface area contributed by atoms with E-state index in [0.29, 0.717) is 30.1 Å². The molecule has 10 nitrogen and oxygen atoms in total. The molecule has 31 heavy (non-hydrogen) atoms. The standard InChI is InChI=1S/C20H19N7O3S/c1-13-11-14(8-9-16(13)27-12-21-24-25-27)22-20(28)17-6-4-10-26(17)19-15-5-2-3-7-18(15)31(29,30)23-19/h2-3,5,7-9,11-12,17H,4,6,10H2,1H3,(H,22,28)/t17-/m0/s1. The molecule has 0 aliphatic carbocycles. The number of carbonyl (C=O) groups excluding carboxylic acids is 1. The second-order valence-corrected chi connectivity index (χ2v) is 9.05. The number of aryl methyl sites for hydroxylation is 1. The van der Waals surface area contributed by atoms with E-state index in [4.69, 9.17) is 0 Å². The van der Waals surface area contributed by atoms with E-state index in [0.717, 1.165) is 17.7 Å². The van der Waals surface area contributed by atoms with Crippen LogP contribution in [0.2, 0.25) is 0 Å². The van der Waals surface area contributed by atoms with E-state index in [1.54, 1.807) is 39.9 Å². The van der Waals surface area contributed by atoms with Gasteiger partial charge in [-0.15, -0.1) is 9.50 Å². The minimum Gasteiger partial charge on any atom is -0.343 e. The Morgan fingerprint density at radius 1 is 1.19 bits per heavy atom. The summed E-state index contributed by atoms with van der Waals surface area (Å²) < 4.78 is 30.4. The Balaban J connectivity index is 1.38. The van der Waals surface area contributed by atoms with Gasteiger partial charge < -0.3 is 10.2 Å². The number of hydrogen-bond donors (Lipinski definition) is 1. The van der Waals surface area contributed by atoms with Gasteiger partial charge in [-0.05, 0) is 66.1 Å². The van der Waals surface area contributed by atoms with Gasteiger partial charge in [0, 0.05) is 17.8 Å². The number of sulfonamides is 1. The quantitative estimate of drug-likeness (QED) is 0.659. The highest BCUT2D eigenvalue weighted by molar-refractivity contribution is 7.90. The predicted molar refractivity (Wildman–Crippen MR) is 112 cm³/mol.